The van der Waals surface area contributed by atoms with E-state index in [-0.39, 0.29) is 6.09 Å². The highest BCUT2D eigenvalue weighted by molar-refractivity contribution is 5.68. The summed E-state index contributed by atoms with van der Waals surface area (Å²) in [6, 6.07) is 0.448. The molecule has 1 unspecified atom stereocenters. The molecule has 0 spiro atoms. The van der Waals surface area contributed by atoms with E-state index in [2.05, 4.69) is 12.2 Å². The maximum atomic E-state index is 12.2. The van der Waals surface area contributed by atoms with E-state index in [9.17, 15) is 4.79 Å². The normalized spacial score (nSPS) is 31.0. The van der Waals surface area contributed by atoms with Gasteiger partial charge in [0.05, 0.1) is 0 Å². The summed E-state index contributed by atoms with van der Waals surface area (Å²) >= 11 is 0. The van der Waals surface area contributed by atoms with Gasteiger partial charge in [-0.3, -0.25) is 0 Å². The van der Waals surface area contributed by atoms with Crippen LogP contribution in [0, 0.1) is 11.8 Å². The predicted octanol–water partition coefficient (Wildman–Crippen LogP) is 3.41. The molecule has 21 heavy (non-hydrogen) atoms. The highest BCUT2D eigenvalue weighted by atomic mass is 16.6. The van der Waals surface area contributed by atoms with Gasteiger partial charge in [-0.25, -0.2) is 4.79 Å². The Bertz CT molecular complexity index is 343. The predicted molar refractivity (Wildman–Crippen MR) is 85.3 cm³/mol. The van der Waals surface area contributed by atoms with Crippen LogP contribution in [0.5, 0.6) is 0 Å². The van der Waals surface area contributed by atoms with Crippen LogP contribution in [-0.4, -0.2) is 42.3 Å². The molecule has 1 amide bonds. The number of ether oxygens (including phenoxy) is 1. The van der Waals surface area contributed by atoms with Gasteiger partial charge in [-0.05, 0) is 45.4 Å². The van der Waals surface area contributed by atoms with Crippen molar-refractivity contribution in [1.82, 2.24) is 10.2 Å². The molecule has 1 aliphatic carbocycles. The second kappa shape index (κ2) is 6.99. The van der Waals surface area contributed by atoms with Crippen LogP contribution in [0.3, 0.4) is 0 Å². The van der Waals surface area contributed by atoms with Gasteiger partial charge in [0.1, 0.15) is 5.60 Å². The van der Waals surface area contributed by atoms with Crippen molar-refractivity contribution < 1.29 is 9.53 Å². The quantitative estimate of drug-likeness (QED) is 0.849. The van der Waals surface area contributed by atoms with Crippen molar-refractivity contribution in [3.63, 3.8) is 0 Å². The monoisotopic (exact) mass is 296 g/mol. The van der Waals surface area contributed by atoms with Gasteiger partial charge < -0.3 is 15.0 Å². The average molecular weight is 296 g/mol. The van der Waals surface area contributed by atoms with E-state index in [1.807, 2.05) is 25.7 Å². The van der Waals surface area contributed by atoms with E-state index in [1.54, 1.807) is 0 Å². The van der Waals surface area contributed by atoms with Crippen molar-refractivity contribution >= 4 is 6.09 Å². The van der Waals surface area contributed by atoms with Crippen molar-refractivity contribution in [2.24, 2.45) is 11.8 Å². The molecule has 0 aromatic carbocycles. The number of nitrogens with zero attached hydrogens (tertiary/aromatic N) is 1. The molecular weight excluding hydrogens is 264 g/mol. The molecule has 0 aromatic heterocycles. The minimum Gasteiger partial charge on any atom is -0.444 e. The zero-order valence-electron chi connectivity index (χ0n) is 14.2. The molecule has 1 atom stereocenters. The summed E-state index contributed by atoms with van der Waals surface area (Å²) in [7, 11) is 0. The number of nitrogens with one attached hydrogen (secondary N) is 1. The minimum atomic E-state index is -0.406. The van der Waals surface area contributed by atoms with Gasteiger partial charge in [0, 0.05) is 25.7 Å². The summed E-state index contributed by atoms with van der Waals surface area (Å²) in [5.41, 5.74) is -0.406. The molecule has 2 fully saturated rings. The van der Waals surface area contributed by atoms with Crippen molar-refractivity contribution in [1.29, 1.82) is 0 Å². The Labute approximate surface area is 129 Å². The summed E-state index contributed by atoms with van der Waals surface area (Å²) in [5, 5.41) is 3.62. The van der Waals surface area contributed by atoms with Crippen LogP contribution in [0.25, 0.3) is 0 Å². The van der Waals surface area contributed by atoms with Crippen LogP contribution >= 0.6 is 0 Å². The maximum Gasteiger partial charge on any atom is 0.410 e. The zero-order valence-corrected chi connectivity index (χ0v) is 14.2. The first kappa shape index (κ1) is 16.6. The lowest BCUT2D eigenvalue weighted by Gasteiger charge is -2.40. The number of piperazine rings is 1. The fourth-order valence-corrected chi connectivity index (χ4v) is 3.59. The largest absolute Gasteiger partial charge is 0.444 e. The molecular formula is C17H32N2O2. The van der Waals surface area contributed by atoms with Gasteiger partial charge in [-0.2, -0.15) is 0 Å². The summed E-state index contributed by atoms with van der Waals surface area (Å²) in [6.45, 7) is 10.5. The number of hydrogen-bond donors (Lipinski definition) is 1. The van der Waals surface area contributed by atoms with Crippen LogP contribution in [0.4, 0.5) is 4.79 Å². The van der Waals surface area contributed by atoms with E-state index in [4.69, 9.17) is 4.74 Å². The molecule has 2 aliphatic rings. The Balaban J connectivity index is 1.85. The molecule has 0 radical (unpaired) electrons. The number of amides is 1. The number of carbonyl (C=O) groups excluding carboxylic acids is 1. The van der Waals surface area contributed by atoms with Gasteiger partial charge in [0.25, 0.3) is 0 Å². The third-order valence-electron chi connectivity index (χ3n) is 4.89. The molecule has 1 saturated carbocycles. The van der Waals surface area contributed by atoms with Crippen LogP contribution in [0.2, 0.25) is 0 Å². The standard InChI is InChI=1S/C17H32N2O2/c1-5-13-6-8-14(9-7-13)15-12-19(11-10-18-15)16(20)21-17(2,3)4/h13-15,18H,5-12H2,1-4H3. The molecule has 0 bridgehead atoms. The SMILES string of the molecule is CCC1CCC(C2CN(C(=O)OC(C)(C)C)CCN2)CC1. The molecule has 1 aliphatic heterocycles. The summed E-state index contributed by atoms with van der Waals surface area (Å²) in [6.07, 6.45) is 6.47. The van der Waals surface area contributed by atoms with E-state index in [1.165, 1.54) is 32.1 Å². The van der Waals surface area contributed by atoms with Gasteiger partial charge in [-0.1, -0.05) is 26.2 Å². The van der Waals surface area contributed by atoms with E-state index in [0.717, 1.165) is 31.5 Å². The zero-order chi connectivity index (χ0) is 15.5. The molecule has 1 saturated heterocycles. The molecule has 1 N–H and O–H groups in total. The average Bonchev–Trinajstić information content (AvgIpc) is 2.46. The number of hydrogen-bond acceptors (Lipinski definition) is 3. The van der Waals surface area contributed by atoms with Crippen molar-refractivity contribution in [2.75, 3.05) is 19.6 Å². The first-order valence-corrected chi connectivity index (χ1v) is 8.60. The van der Waals surface area contributed by atoms with Gasteiger partial charge in [-0.15, -0.1) is 0 Å². The summed E-state index contributed by atoms with van der Waals surface area (Å²) in [4.78, 5) is 14.1. The lowest BCUT2D eigenvalue weighted by Crippen LogP contribution is -2.56. The molecule has 4 heteroatoms. The van der Waals surface area contributed by atoms with Crippen LogP contribution in [-0.2, 0) is 4.74 Å². The first-order chi connectivity index (χ1) is 9.89. The molecule has 2 rings (SSSR count). The van der Waals surface area contributed by atoms with E-state index < -0.39 is 5.60 Å². The Morgan fingerprint density at radius 1 is 1.24 bits per heavy atom. The first-order valence-electron chi connectivity index (χ1n) is 8.60. The smallest absolute Gasteiger partial charge is 0.410 e. The fraction of sp³-hybridized carbons (Fsp3) is 0.941. The lowest BCUT2D eigenvalue weighted by atomic mass is 9.77. The van der Waals surface area contributed by atoms with Gasteiger partial charge in [0.15, 0.2) is 0 Å². The Morgan fingerprint density at radius 3 is 2.48 bits per heavy atom. The number of rotatable bonds is 2. The Hall–Kier alpha value is -0.770. The Morgan fingerprint density at radius 2 is 1.90 bits per heavy atom. The molecule has 0 aromatic rings. The molecule has 122 valence electrons. The second-order valence-electron chi connectivity index (χ2n) is 7.68. The van der Waals surface area contributed by atoms with Crippen LogP contribution in [0.15, 0.2) is 0 Å². The second-order valence-corrected chi connectivity index (χ2v) is 7.68. The maximum absolute atomic E-state index is 12.2. The van der Waals surface area contributed by atoms with E-state index >= 15 is 0 Å². The number of carbonyl (C=O) groups is 1. The van der Waals surface area contributed by atoms with Crippen molar-refractivity contribution in [2.45, 2.75) is 71.4 Å². The third-order valence-corrected chi connectivity index (χ3v) is 4.89. The minimum absolute atomic E-state index is 0.156. The Kier molecular flexibility index (Phi) is 5.53. The summed E-state index contributed by atoms with van der Waals surface area (Å²) in [5.74, 6) is 1.64. The van der Waals surface area contributed by atoms with Gasteiger partial charge in [0.2, 0.25) is 0 Å². The molecule has 4 nitrogen and oxygen atoms in total. The van der Waals surface area contributed by atoms with Crippen LogP contribution in [0.1, 0.15) is 59.8 Å². The topological polar surface area (TPSA) is 41.6 Å². The fourth-order valence-electron chi connectivity index (χ4n) is 3.59. The van der Waals surface area contributed by atoms with Gasteiger partial charge >= 0.3 is 6.09 Å². The summed E-state index contributed by atoms with van der Waals surface area (Å²) < 4.78 is 5.51. The highest BCUT2D eigenvalue weighted by Gasteiger charge is 2.33. The lowest BCUT2D eigenvalue weighted by molar-refractivity contribution is 0.0157. The highest BCUT2D eigenvalue weighted by Crippen LogP contribution is 2.33. The van der Waals surface area contributed by atoms with E-state index in [0.29, 0.717) is 6.04 Å². The molecule has 1 heterocycles. The van der Waals surface area contributed by atoms with Crippen molar-refractivity contribution in [3.8, 4) is 0 Å². The third kappa shape index (κ3) is 4.87. The van der Waals surface area contributed by atoms with Crippen LogP contribution < -0.4 is 5.32 Å². The van der Waals surface area contributed by atoms with Crippen molar-refractivity contribution in [3.05, 3.63) is 0 Å².